The predicted octanol–water partition coefficient (Wildman–Crippen LogP) is 4.32. The van der Waals surface area contributed by atoms with Crippen LogP contribution < -0.4 is 10.2 Å². The van der Waals surface area contributed by atoms with Gasteiger partial charge in [-0.2, -0.15) is 0 Å². The van der Waals surface area contributed by atoms with E-state index in [0.717, 1.165) is 34.5 Å². The molecular formula is C19H14Br2N2O3. The van der Waals surface area contributed by atoms with Crippen LogP contribution in [-0.2, 0) is 16.0 Å². The Morgan fingerprint density at radius 3 is 2.58 bits per heavy atom. The molecule has 0 saturated carbocycles. The van der Waals surface area contributed by atoms with Gasteiger partial charge in [-0.25, -0.2) is 0 Å². The summed E-state index contributed by atoms with van der Waals surface area (Å²) in [6.45, 7) is 2.21. The number of phenols is 1. The topological polar surface area (TPSA) is 69.6 Å². The maximum Gasteiger partial charge on any atom is 0.256 e. The molecule has 0 unspecified atom stereocenters. The van der Waals surface area contributed by atoms with Crippen LogP contribution in [0.4, 0.5) is 11.4 Å². The van der Waals surface area contributed by atoms with Crippen molar-refractivity contribution in [1.29, 1.82) is 0 Å². The second kappa shape index (κ2) is 6.25. The second-order valence-corrected chi connectivity index (χ2v) is 8.00. The van der Waals surface area contributed by atoms with Gasteiger partial charge in [0.15, 0.2) is 0 Å². The molecule has 0 radical (unpaired) electrons. The average molecular weight is 478 g/mol. The van der Waals surface area contributed by atoms with Gasteiger partial charge in [0, 0.05) is 36.0 Å². The van der Waals surface area contributed by atoms with Gasteiger partial charge in [0.2, 0.25) is 5.91 Å². The van der Waals surface area contributed by atoms with E-state index in [1.54, 1.807) is 30.0 Å². The van der Waals surface area contributed by atoms with E-state index in [1.807, 2.05) is 12.1 Å². The minimum atomic E-state index is -0.182. The Morgan fingerprint density at radius 1 is 1.23 bits per heavy atom. The first-order valence-electron chi connectivity index (χ1n) is 8.01. The summed E-state index contributed by atoms with van der Waals surface area (Å²) >= 11 is 6.61. The van der Waals surface area contributed by atoms with Gasteiger partial charge >= 0.3 is 0 Å². The summed E-state index contributed by atoms with van der Waals surface area (Å²) in [5.74, 6) is -0.0744. The van der Waals surface area contributed by atoms with Crippen molar-refractivity contribution in [2.45, 2.75) is 13.3 Å². The molecule has 0 saturated heterocycles. The summed E-state index contributed by atoms with van der Waals surface area (Å²) in [6, 6.07) is 7.35. The molecule has 0 bridgehead atoms. The molecule has 5 nitrogen and oxygen atoms in total. The first-order valence-corrected chi connectivity index (χ1v) is 9.60. The van der Waals surface area contributed by atoms with Gasteiger partial charge in [0.1, 0.15) is 5.75 Å². The monoisotopic (exact) mass is 476 g/mol. The van der Waals surface area contributed by atoms with Crippen molar-refractivity contribution in [2.75, 3.05) is 16.8 Å². The molecule has 0 aromatic heterocycles. The van der Waals surface area contributed by atoms with Crippen LogP contribution in [0, 0.1) is 0 Å². The Kier molecular flexibility index (Phi) is 4.16. The highest BCUT2D eigenvalue weighted by Gasteiger charge is 2.30. The van der Waals surface area contributed by atoms with Crippen LogP contribution in [0.1, 0.15) is 23.6 Å². The lowest BCUT2D eigenvalue weighted by Gasteiger charge is -2.15. The molecule has 2 aromatic rings. The van der Waals surface area contributed by atoms with Gasteiger partial charge in [-0.05, 0) is 79.7 Å². The van der Waals surface area contributed by atoms with E-state index in [0.29, 0.717) is 21.1 Å². The molecule has 0 atom stereocenters. The third kappa shape index (κ3) is 2.75. The largest absolute Gasteiger partial charge is 0.506 e. The molecule has 0 fully saturated rings. The number of aromatic hydroxyl groups is 1. The smallest absolute Gasteiger partial charge is 0.256 e. The number of nitrogens with one attached hydrogen (secondary N) is 1. The number of amides is 2. The fraction of sp³-hybridized carbons (Fsp3) is 0.158. The molecule has 0 spiro atoms. The minimum absolute atomic E-state index is 0.00194. The number of halogens is 2. The van der Waals surface area contributed by atoms with Crippen LogP contribution in [0.15, 0.2) is 33.2 Å². The number of hydrogen-bond acceptors (Lipinski definition) is 3. The lowest BCUT2D eigenvalue weighted by atomic mass is 10.0. The molecular weight excluding hydrogens is 464 g/mol. The van der Waals surface area contributed by atoms with Crippen molar-refractivity contribution >= 4 is 66.7 Å². The lowest BCUT2D eigenvalue weighted by Crippen LogP contribution is -2.25. The highest BCUT2D eigenvalue weighted by molar-refractivity contribution is 9.11. The molecule has 2 amide bonds. The number of carbonyl (C=O) groups excluding carboxylic acids is 2. The van der Waals surface area contributed by atoms with E-state index in [2.05, 4.69) is 37.2 Å². The molecule has 2 aliphatic rings. The third-order valence-corrected chi connectivity index (χ3v) is 5.84. The number of phenolic OH excluding ortho intramolecular Hbond substituents is 1. The highest BCUT2D eigenvalue weighted by Crippen LogP contribution is 2.41. The maximum atomic E-state index is 12.5. The molecule has 2 N–H and O–H groups in total. The zero-order valence-electron chi connectivity index (χ0n) is 13.8. The third-order valence-electron chi connectivity index (χ3n) is 4.63. The highest BCUT2D eigenvalue weighted by atomic mass is 79.9. The molecule has 0 aliphatic carbocycles. The summed E-state index contributed by atoms with van der Waals surface area (Å²) in [4.78, 5) is 26.1. The maximum absolute atomic E-state index is 12.5. The van der Waals surface area contributed by atoms with E-state index in [-0.39, 0.29) is 17.6 Å². The number of hydrogen-bond donors (Lipinski definition) is 2. The summed E-state index contributed by atoms with van der Waals surface area (Å²) in [5, 5.41) is 12.8. The molecule has 7 heteroatoms. The van der Waals surface area contributed by atoms with Crippen LogP contribution in [0.5, 0.6) is 5.75 Å². The fourth-order valence-corrected chi connectivity index (χ4v) is 4.60. The van der Waals surface area contributed by atoms with E-state index in [9.17, 15) is 14.7 Å². The first kappa shape index (κ1) is 17.3. The van der Waals surface area contributed by atoms with Crippen molar-refractivity contribution in [3.8, 4) is 5.75 Å². The Balaban J connectivity index is 1.83. The number of anilines is 2. The molecule has 2 aliphatic heterocycles. The zero-order valence-corrected chi connectivity index (χ0v) is 16.9. The van der Waals surface area contributed by atoms with Gasteiger partial charge in [0.05, 0.1) is 8.95 Å². The Bertz CT molecular complexity index is 991. The minimum Gasteiger partial charge on any atom is -0.506 e. The number of fused-ring (bicyclic) bond motifs is 2. The molecule has 2 aromatic carbocycles. The number of benzene rings is 2. The molecule has 26 heavy (non-hydrogen) atoms. The fourth-order valence-electron chi connectivity index (χ4n) is 3.38. The molecule has 2 heterocycles. The standard InChI is InChI=1S/C19H14Br2N2O3/c1-9(24)23-3-2-11-7-16-12(8-17(11)23)13(19(26)22-16)4-10-5-14(20)18(25)15(21)6-10/h4-8,25H,2-3H2,1H3,(H,22,26). The Labute approximate surface area is 167 Å². The van der Waals surface area contributed by atoms with E-state index >= 15 is 0 Å². The van der Waals surface area contributed by atoms with Crippen molar-refractivity contribution in [1.82, 2.24) is 0 Å². The SMILES string of the molecule is CC(=O)N1CCc2cc3c(cc21)C(=Cc1cc(Br)c(O)c(Br)c1)C(=O)N3. The zero-order chi connectivity index (χ0) is 18.6. The molecule has 132 valence electrons. The molecule has 4 rings (SSSR count). The van der Waals surface area contributed by atoms with Crippen molar-refractivity contribution < 1.29 is 14.7 Å². The van der Waals surface area contributed by atoms with Crippen LogP contribution in [0.3, 0.4) is 0 Å². The predicted molar refractivity (Wildman–Crippen MR) is 108 cm³/mol. The van der Waals surface area contributed by atoms with Gasteiger partial charge in [0.25, 0.3) is 5.91 Å². The first-order chi connectivity index (χ1) is 12.3. The Morgan fingerprint density at radius 2 is 1.92 bits per heavy atom. The van der Waals surface area contributed by atoms with E-state index < -0.39 is 0 Å². The van der Waals surface area contributed by atoms with Crippen molar-refractivity contribution in [3.63, 3.8) is 0 Å². The Hall–Kier alpha value is -2.12. The average Bonchev–Trinajstić information content (AvgIpc) is 3.11. The van der Waals surface area contributed by atoms with Crippen molar-refractivity contribution in [2.24, 2.45) is 0 Å². The second-order valence-electron chi connectivity index (χ2n) is 6.29. The van der Waals surface area contributed by atoms with E-state index in [4.69, 9.17) is 0 Å². The van der Waals surface area contributed by atoms with Crippen LogP contribution >= 0.6 is 31.9 Å². The van der Waals surface area contributed by atoms with Crippen LogP contribution in [0.2, 0.25) is 0 Å². The summed E-state index contributed by atoms with van der Waals surface area (Å²) < 4.78 is 1.07. The summed E-state index contributed by atoms with van der Waals surface area (Å²) in [6.07, 6.45) is 2.56. The van der Waals surface area contributed by atoms with E-state index in [1.165, 1.54) is 0 Å². The van der Waals surface area contributed by atoms with Crippen LogP contribution in [-0.4, -0.2) is 23.5 Å². The van der Waals surface area contributed by atoms with Crippen molar-refractivity contribution in [3.05, 3.63) is 49.9 Å². The normalized spacial score (nSPS) is 16.7. The number of carbonyl (C=O) groups is 2. The quantitative estimate of drug-likeness (QED) is 0.601. The van der Waals surface area contributed by atoms with Gasteiger partial charge in [-0.3, -0.25) is 9.59 Å². The lowest BCUT2D eigenvalue weighted by molar-refractivity contribution is -0.116. The summed E-state index contributed by atoms with van der Waals surface area (Å²) in [5.41, 5.74) is 4.78. The van der Waals surface area contributed by atoms with Gasteiger partial charge in [-0.1, -0.05) is 0 Å². The number of nitrogens with zero attached hydrogens (tertiary/aromatic N) is 1. The number of rotatable bonds is 1. The summed E-state index contributed by atoms with van der Waals surface area (Å²) in [7, 11) is 0. The van der Waals surface area contributed by atoms with Crippen LogP contribution in [0.25, 0.3) is 11.6 Å². The van der Waals surface area contributed by atoms with Gasteiger partial charge < -0.3 is 15.3 Å². The van der Waals surface area contributed by atoms with Gasteiger partial charge in [-0.15, -0.1) is 0 Å².